The summed E-state index contributed by atoms with van der Waals surface area (Å²) in [7, 11) is 0. The van der Waals surface area contributed by atoms with Crippen molar-refractivity contribution in [1.82, 2.24) is 10.6 Å². The Morgan fingerprint density at radius 1 is 1.22 bits per heavy atom. The highest BCUT2D eigenvalue weighted by Crippen LogP contribution is 1.97. The van der Waals surface area contributed by atoms with E-state index in [4.69, 9.17) is 35.0 Å². The summed E-state index contributed by atoms with van der Waals surface area (Å²) in [5, 5.41) is 10.0. The van der Waals surface area contributed by atoms with E-state index in [0.29, 0.717) is 37.8 Å². The average Bonchev–Trinajstić information content (AvgIpc) is 2.40. The van der Waals surface area contributed by atoms with Crippen LogP contribution in [0.15, 0.2) is 5.11 Å². The Kier molecular flexibility index (Phi) is 9.25. The fourth-order valence-corrected chi connectivity index (χ4v) is 1.56. The molecule has 0 saturated carbocycles. The van der Waals surface area contributed by atoms with Crippen molar-refractivity contribution >= 4 is 17.3 Å². The van der Waals surface area contributed by atoms with Crippen LogP contribution in [0, 0.1) is 0 Å². The molecule has 8 nitrogen and oxygen atoms in total. The molecule has 0 atom stereocenters. The summed E-state index contributed by atoms with van der Waals surface area (Å²) in [6, 6.07) is 0. The Morgan fingerprint density at radius 2 is 1.83 bits per heavy atom. The third-order valence-electron chi connectivity index (χ3n) is 2.58. The molecule has 0 saturated heterocycles. The zero-order valence-corrected chi connectivity index (χ0v) is 11.2. The van der Waals surface area contributed by atoms with E-state index in [0.717, 1.165) is 12.8 Å². The van der Waals surface area contributed by atoms with Crippen LogP contribution in [0.2, 0.25) is 0 Å². The topological polar surface area (TPSA) is 151 Å². The van der Waals surface area contributed by atoms with Gasteiger partial charge in [0.1, 0.15) is 0 Å². The van der Waals surface area contributed by atoms with Gasteiger partial charge in [0.15, 0.2) is 5.11 Å². The third kappa shape index (κ3) is 6.58. The normalized spacial score (nSPS) is 10.6. The lowest BCUT2D eigenvalue weighted by atomic mass is 10.0. The molecule has 18 heavy (non-hydrogen) atoms. The number of nitrogens with one attached hydrogen (secondary N) is 2. The van der Waals surface area contributed by atoms with Gasteiger partial charge in [-0.1, -0.05) is 5.11 Å². The molecule has 0 amide bonds. The van der Waals surface area contributed by atoms with E-state index in [9.17, 15) is 0 Å². The number of nitrogens with zero attached hydrogens (tertiary/aromatic N) is 3. The van der Waals surface area contributed by atoms with E-state index in [-0.39, 0.29) is 0 Å². The number of nitrogens with two attached hydrogens (primary N) is 3. The van der Waals surface area contributed by atoms with Crippen LogP contribution >= 0.6 is 12.2 Å². The molecule has 0 aliphatic heterocycles. The average molecular weight is 274 g/mol. The van der Waals surface area contributed by atoms with E-state index < -0.39 is 5.54 Å². The molecule has 9 heteroatoms. The lowest BCUT2D eigenvalue weighted by Crippen LogP contribution is -2.64. The van der Waals surface area contributed by atoms with Gasteiger partial charge in [-0.2, -0.15) is 0 Å². The monoisotopic (exact) mass is 274 g/mol. The van der Waals surface area contributed by atoms with Crippen LogP contribution in [-0.2, 0) is 0 Å². The van der Waals surface area contributed by atoms with Crippen LogP contribution in [0.3, 0.4) is 0 Å². The summed E-state index contributed by atoms with van der Waals surface area (Å²) < 4.78 is 0. The van der Waals surface area contributed by atoms with E-state index in [1.54, 1.807) is 0 Å². The zero-order valence-electron chi connectivity index (χ0n) is 10.4. The minimum Gasteiger partial charge on any atom is -0.363 e. The Balaban J connectivity index is 3.85. The first kappa shape index (κ1) is 16.9. The highest BCUT2D eigenvalue weighted by molar-refractivity contribution is 7.80. The number of thiocarbonyl (C=S) groups is 1. The van der Waals surface area contributed by atoms with Crippen molar-refractivity contribution in [2.45, 2.75) is 18.4 Å². The molecule has 0 rings (SSSR count). The molecular formula is C9H22N8S. The van der Waals surface area contributed by atoms with Crippen molar-refractivity contribution in [3.63, 3.8) is 0 Å². The van der Waals surface area contributed by atoms with Crippen molar-refractivity contribution in [2.75, 3.05) is 32.7 Å². The van der Waals surface area contributed by atoms with E-state index in [1.807, 2.05) is 0 Å². The largest absolute Gasteiger partial charge is 0.363 e. The van der Waals surface area contributed by atoms with Crippen molar-refractivity contribution < 1.29 is 0 Å². The highest BCUT2D eigenvalue weighted by Gasteiger charge is 2.25. The van der Waals surface area contributed by atoms with Crippen molar-refractivity contribution in [3.05, 3.63) is 10.4 Å². The minimum atomic E-state index is -0.546. The summed E-state index contributed by atoms with van der Waals surface area (Å²) in [5.74, 6) is 0. The molecule has 8 N–H and O–H groups in total. The molecule has 0 spiro atoms. The fraction of sp³-hybridized carbons (Fsp3) is 0.889. The second kappa shape index (κ2) is 9.86. The molecule has 0 heterocycles. The van der Waals surface area contributed by atoms with Gasteiger partial charge in [-0.3, -0.25) is 0 Å². The van der Waals surface area contributed by atoms with Crippen LogP contribution in [0.4, 0.5) is 0 Å². The molecule has 0 aromatic rings. The lowest BCUT2D eigenvalue weighted by Gasteiger charge is -2.32. The standard InChI is InChI=1S/C9H22N8S/c10-5-9(6-11,7-12)16-8(18)14-3-1-2-4-15-17-13/h1-7,10-12H2,(H2,14,16,18). The highest BCUT2D eigenvalue weighted by atomic mass is 32.1. The van der Waals surface area contributed by atoms with Gasteiger partial charge in [0.25, 0.3) is 0 Å². The maximum atomic E-state index is 8.10. The quantitative estimate of drug-likeness (QED) is 0.121. The van der Waals surface area contributed by atoms with Crippen LogP contribution in [0.5, 0.6) is 0 Å². The van der Waals surface area contributed by atoms with Gasteiger partial charge in [-0.15, -0.1) is 0 Å². The van der Waals surface area contributed by atoms with Gasteiger partial charge in [0.2, 0.25) is 0 Å². The second-order valence-electron chi connectivity index (χ2n) is 3.94. The zero-order chi connectivity index (χ0) is 13.9. The lowest BCUT2D eigenvalue weighted by molar-refractivity contribution is 0.406. The summed E-state index contributed by atoms with van der Waals surface area (Å²) >= 11 is 5.13. The van der Waals surface area contributed by atoms with Crippen LogP contribution in [-0.4, -0.2) is 43.4 Å². The summed E-state index contributed by atoms with van der Waals surface area (Å²) in [4.78, 5) is 2.67. The molecule has 0 fully saturated rings. The van der Waals surface area contributed by atoms with Crippen molar-refractivity contribution in [3.8, 4) is 0 Å². The van der Waals surface area contributed by atoms with Gasteiger partial charge in [-0.25, -0.2) is 0 Å². The Bertz CT molecular complexity index is 276. The molecule has 0 aromatic heterocycles. The van der Waals surface area contributed by atoms with Crippen LogP contribution in [0.1, 0.15) is 12.8 Å². The fourth-order valence-electron chi connectivity index (χ4n) is 1.24. The summed E-state index contributed by atoms with van der Waals surface area (Å²) in [6.07, 6.45) is 1.68. The first-order valence-corrected chi connectivity index (χ1v) is 6.22. The molecule has 0 aliphatic carbocycles. The van der Waals surface area contributed by atoms with Crippen LogP contribution in [0.25, 0.3) is 10.4 Å². The summed E-state index contributed by atoms with van der Waals surface area (Å²) in [6.45, 7) is 2.15. The van der Waals surface area contributed by atoms with E-state index in [1.165, 1.54) is 0 Å². The second-order valence-corrected chi connectivity index (χ2v) is 4.34. The predicted octanol–water partition coefficient (Wildman–Crippen LogP) is -0.844. The predicted molar refractivity (Wildman–Crippen MR) is 76.9 cm³/mol. The van der Waals surface area contributed by atoms with E-state index >= 15 is 0 Å². The number of rotatable bonds is 9. The van der Waals surface area contributed by atoms with Gasteiger partial charge in [0, 0.05) is 37.6 Å². The molecule has 0 aliphatic rings. The smallest absolute Gasteiger partial charge is 0.166 e. The van der Waals surface area contributed by atoms with Crippen LogP contribution < -0.4 is 27.8 Å². The number of unbranched alkanes of at least 4 members (excludes halogenated alkanes) is 1. The number of azide groups is 1. The molecule has 104 valence electrons. The first-order chi connectivity index (χ1) is 8.64. The SMILES string of the molecule is [N-]=[N+]=NCCCCNC(=S)NC(CN)(CN)CN. The maximum Gasteiger partial charge on any atom is 0.166 e. The molecular weight excluding hydrogens is 252 g/mol. The molecule has 0 unspecified atom stereocenters. The Labute approximate surface area is 112 Å². The molecule has 0 bridgehead atoms. The number of hydrogen-bond donors (Lipinski definition) is 5. The summed E-state index contributed by atoms with van der Waals surface area (Å²) in [5.41, 5.74) is 24.4. The van der Waals surface area contributed by atoms with Gasteiger partial charge in [-0.05, 0) is 30.6 Å². The minimum absolute atomic E-state index is 0.318. The Morgan fingerprint density at radius 3 is 2.33 bits per heavy atom. The molecule has 0 radical (unpaired) electrons. The molecule has 0 aromatic carbocycles. The van der Waals surface area contributed by atoms with Crippen molar-refractivity contribution in [1.29, 1.82) is 0 Å². The Hall–Kier alpha value is -1.12. The van der Waals surface area contributed by atoms with Gasteiger partial charge in [0.05, 0.1) is 5.54 Å². The number of hydrogen-bond acceptors (Lipinski definition) is 5. The first-order valence-electron chi connectivity index (χ1n) is 5.81. The maximum absolute atomic E-state index is 8.10. The van der Waals surface area contributed by atoms with E-state index in [2.05, 4.69) is 20.7 Å². The van der Waals surface area contributed by atoms with Gasteiger partial charge >= 0.3 is 0 Å². The van der Waals surface area contributed by atoms with Gasteiger partial charge < -0.3 is 27.8 Å². The third-order valence-corrected chi connectivity index (χ3v) is 2.83. The van der Waals surface area contributed by atoms with Crippen molar-refractivity contribution in [2.24, 2.45) is 22.3 Å².